The summed E-state index contributed by atoms with van der Waals surface area (Å²) in [6, 6.07) is 0.932. The number of rotatable bonds is 2. The molecule has 0 saturated carbocycles. The van der Waals surface area contributed by atoms with E-state index in [1.165, 1.54) is 7.11 Å². The van der Waals surface area contributed by atoms with Crippen LogP contribution in [0.25, 0.3) is 0 Å². The van der Waals surface area contributed by atoms with Crippen molar-refractivity contribution in [2.45, 2.75) is 0 Å². The number of ether oxygens (including phenoxy) is 1. The van der Waals surface area contributed by atoms with Crippen LogP contribution in [0.3, 0.4) is 0 Å². The number of nitrogens with zero attached hydrogens (tertiary/aromatic N) is 1. The number of hydrogen-bond acceptors (Lipinski definition) is 8. The minimum atomic E-state index is -4.35. The van der Waals surface area contributed by atoms with Crippen LogP contribution < -0.4 is 18.8 Å². The molecule has 10 heteroatoms. The molecule has 1 aliphatic heterocycles. The Hall–Kier alpha value is -2.23. The van der Waals surface area contributed by atoms with Crippen molar-refractivity contribution in [3.05, 3.63) is 16.2 Å². The first-order chi connectivity index (χ1) is 7.85. The highest BCUT2D eigenvalue weighted by Gasteiger charge is 2.40. The number of nitro benzene ring substituents is 1. The Morgan fingerprint density at radius 1 is 1.41 bits per heavy atom. The summed E-state index contributed by atoms with van der Waals surface area (Å²) in [6.07, 6.45) is 0. The lowest BCUT2D eigenvalue weighted by molar-refractivity contribution is -0.385. The molecule has 1 aromatic carbocycles. The number of hydrogen-bond donors (Lipinski definition) is 1. The predicted octanol–water partition coefficient (Wildman–Crippen LogP) is 0.202. The highest BCUT2D eigenvalue weighted by molar-refractivity contribution is 7.82. The summed E-state index contributed by atoms with van der Waals surface area (Å²) in [5.41, 5.74) is 4.73. The molecule has 2 N–H and O–H groups in total. The van der Waals surface area contributed by atoms with Gasteiger partial charge in [0.05, 0.1) is 17.7 Å². The van der Waals surface area contributed by atoms with Gasteiger partial charge in [0.1, 0.15) is 0 Å². The third-order valence-electron chi connectivity index (χ3n) is 1.97. The van der Waals surface area contributed by atoms with Crippen LogP contribution in [-0.2, 0) is 10.4 Å². The Kier molecular flexibility index (Phi) is 2.24. The van der Waals surface area contributed by atoms with Crippen LogP contribution in [0.2, 0.25) is 0 Å². The zero-order valence-corrected chi connectivity index (χ0v) is 9.18. The minimum Gasteiger partial charge on any atom is -0.491 e. The van der Waals surface area contributed by atoms with Gasteiger partial charge >= 0.3 is 16.1 Å². The molecule has 0 aliphatic carbocycles. The van der Waals surface area contributed by atoms with Gasteiger partial charge in [0, 0.05) is 6.07 Å². The van der Waals surface area contributed by atoms with E-state index in [1.807, 2.05) is 0 Å². The summed E-state index contributed by atoms with van der Waals surface area (Å²) >= 11 is 0. The zero-order valence-electron chi connectivity index (χ0n) is 8.37. The van der Waals surface area contributed by atoms with Gasteiger partial charge in [-0.25, -0.2) is 0 Å². The third kappa shape index (κ3) is 1.67. The van der Waals surface area contributed by atoms with E-state index < -0.39 is 32.5 Å². The summed E-state index contributed by atoms with van der Waals surface area (Å²) in [5.74, 6) is -1.09. The summed E-state index contributed by atoms with van der Waals surface area (Å²) in [4.78, 5) is 9.87. The maximum atomic E-state index is 11.1. The Balaban J connectivity index is 2.77. The van der Waals surface area contributed by atoms with E-state index in [-0.39, 0.29) is 11.4 Å². The van der Waals surface area contributed by atoms with Crippen LogP contribution in [0, 0.1) is 10.1 Å². The Morgan fingerprint density at radius 3 is 2.53 bits per heavy atom. The van der Waals surface area contributed by atoms with Gasteiger partial charge in [0.25, 0.3) is 5.75 Å². The van der Waals surface area contributed by atoms with E-state index in [2.05, 4.69) is 8.37 Å². The number of anilines is 1. The summed E-state index contributed by atoms with van der Waals surface area (Å²) < 4.78 is 35.7. The average molecular weight is 262 g/mol. The van der Waals surface area contributed by atoms with Crippen molar-refractivity contribution in [3.8, 4) is 17.2 Å². The monoisotopic (exact) mass is 262 g/mol. The lowest BCUT2D eigenvalue weighted by Crippen LogP contribution is -2.08. The topological polar surface area (TPSA) is 131 Å². The van der Waals surface area contributed by atoms with Gasteiger partial charge in [0.2, 0.25) is 5.75 Å². The van der Waals surface area contributed by atoms with E-state index in [4.69, 9.17) is 10.5 Å². The largest absolute Gasteiger partial charge is 0.501 e. The van der Waals surface area contributed by atoms with Crippen molar-refractivity contribution in [2.75, 3.05) is 12.8 Å². The fraction of sp³-hybridized carbons (Fsp3) is 0.143. The van der Waals surface area contributed by atoms with E-state index in [0.717, 1.165) is 6.07 Å². The second-order valence-electron chi connectivity index (χ2n) is 3.01. The molecule has 0 unspecified atom stereocenters. The van der Waals surface area contributed by atoms with Gasteiger partial charge in [-0.15, -0.1) is 8.42 Å². The first kappa shape index (κ1) is 11.3. The maximum Gasteiger partial charge on any atom is 0.501 e. The minimum absolute atomic E-state index is 0.126. The van der Waals surface area contributed by atoms with Crippen LogP contribution in [0.15, 0.2) is 6.07 Å². The number of nitro groups is 1. The predicted molar refractivity (Wildman–Crippen MR) is 54.2 cm³/mol. The fourth-order valence-electron chi connectivity index (χ4n) is 1.35. The van der Waals surface area contributed by atoms with Crippen molar-refractivity contribution in [1.29, 1.82) is 0 Å². The zero-order chi connectivity index (χ0) is 12.8. The Bertz CT molecular complexity index is 609. The second-order valence-corrected chi connectivity index (χ2v) is 4.16. The standard InChI is InChI=1S/C7H6N2O7S/c1-14-5-3(8)2-4(9(10)11)6-7(5)16-17(12,13)15-6/h2H,8H2,1H3. The van der Waals surface area contributed by atoms with Crippen LogP contribution in [-0.4, -0.2) is 20.5 Å². The molecule has 0 atom stereocenters. The number of methoxy groups -OCH3 is 1. The van der Waals surface area contributed by atoms with Crippen LogP contribution >= 0.6 is 0 Å². The molecular weight excluding hydrogens is 256 g/mol. The van der Waals surface area contributed by atoms with E-state index in [1.54, 1.807) is 0 Å². The molecule has 9 nitrogen and oxygen atoms in total. The second kappa shape index (κ2) is 3.38. The molecule has 0 spiro atoms. The van der Waals surface area contributed by atoms with Crippen LogP contribution in [0.5, 0.6) is 17.2 Å². The molecule has 1 heterocycles. The maximum absolute atomic E-state index is 11.1. The van der Waals surface area contributed by atoms with E-state index in [0.29, 0.717) is 0 Å². The van der Waals surface area contributed by atoms with Crippen molar-refractivity contribution < 1.29 is 26.4 Å². The molecule has 0 aromatic heterocycles. The van der Waals surface area contributed by atoms with E-state index in [9.17, 15) is 18.5 Å². The van der Waals surface area contributed by atoms with Crippen molar-refractivity contribution >= 4 is 21.8 Å². The highest BCUT2D eigenvalue weighted by atomic mass is 32.3. The summed E-state index contributed by atoms with van der Waals surface area (Å²) in [7, 11) is -3.14. The van der Waals surface area contributed by atoms with Gasteiger partial charge < -0.3 is 18.8 Å². The first-order valence-electron chi connectivity index (χ1n) is 4.14. The average Bonchev–Trinajstić information content (AvgIpc) is 2.51. The molecule has 0 saturated heterocycles. The van der Waals surface area contributed by atoms with E-state index >= 15 is 0 Å². The third-order valence-corrected chi connectivity index (χ3v) is 2.71. The Morgan fingerprint density at radius 2 is 2.00 bits per heavy atom. The molecule has 0 radical (unpaired) electrons. The molecule has 1 aromatic rings. The van der Waals surface area contributed by atoms with Gasteiger partial charge in [-0.2, -0.15) is 0 Å². The van der Waals surface area contributed by atoms with Crippen LogP contribution in [0.1, 0.15) is 0 Å². The van der Waals surface area contributed by atoms with Crippen LogP contribution in [0.4, 0.5) is 11.4 Å². The molecule has 2 rings (SSSR count). The van der Waals surface area contributed by atoms with Gasteiger partial charge in [-0.05, 0) is 0 Å². The molecule has 17 heavy (non-hydrogen) atoms. The molecule has 0 bridgehead atoms. The lowest BCUT2D eigenvalue weighted by Gasteiger charge is -2.06. The molecule has 1 aliphatic rings. The van der Waals surface area contributed by atoms with Gasteiger partial charge in [-0.3, -0.25) is 10.1 Å². The number of nitrogens with two attached hydrogens (primary N) is 1. The molecule has 0 fully saturated rings. The van der Waals surface area contributed by atoms with Crippen molar-refractivity contribution in [2.24, 2.45) is 0 Å². The van der Waals surface area contributed by atoms with Crippen molar-refractivity contribution in [3.63, 3.8) is 0 Å². The fourth-order valence-corrected chi connectivity index (χ4v) is 2.11. The van der Waals surface area contributed by atoms with Gasteiger partial charge in [-0.1, -0.05) is 0 Å². The molecule has 0 amide bonds. The molecular formula is C7H6N2O7S. The quantitative estimate of drug-likeness (QED) is 0.454. The highest BCUT2D eigenvalue weighted by Crippen LogP contribution is 2.52. The number of fused-ring (bicyclic) bond motifs is 1. The molecule has 92 valence electrons. The Labute approximate surface area is 95.2 Å². The van der Waals surface area contributed by atoms with Gasteiger partial charge in [0.15, 0.2) is 5.75 Å². The number of nitrogen functional groups attached to an aromatic ring is 1. The summed E-state index contributed by atoms with van der Waals surface area (Å²) in [6.45, 7) is 0. The SMILES string of the molecule is COc1c(N)cc([N+](=O)[O-])c2c1OS(=O)(=O)O2. The first-order valence-corrected chi connectivity index (χ1v) is 5.48. The summed E-state index contributed by atoms with van der Waals surface area (Å²) in [5, 5.41) is 10.7. The number of benzene rings is 1. The van der Waals surface area contributed by atoms with Crippen molar-refractivity contribution in [1.82, 2.24) is 0 Å². The lowest BCUT2D eigenvalue weighted by atomic mass is 10.2. The normalized spacial score (nSPS) is 15.6. The smallest absolute Gasteiger partial charge is 0.491 e.